The van der Waals surface area contributed by atoms with Crippen LogP contribution < -0.4 is 0 Å². The highest BCUT2D eigenvalue weighted by Gasteiger charge is 2.04. The Morgan fingerprint density at radius 1 is 1.43 bits per heavy atom. The fourth-order valence-corrected chi connectivity index (χ4v) is 2.04. The van der Waals surface area contributed by atoms with Gasteiger partial charge in [0.1, 0.15) is 5.82 Å². The fourth-order valence-electron chi connectivity index (χ4n) is 2.04. The highest BCUT2D eigenvalue weighted by molar-refractivity contribution is 5.05. The molecule has 2 rings (SSSR count). The van der Waals surface area contributed by atoms with Gasteiger partial charge in [-0.2, -0.15) is 0 Å². The van der Waals surface area contributed by atoms with Crippen LogP contribution in [-0.2, 0) is 6.54 Å². The van der Waals surface area contributed by atoms with Crippen molar-refractivity contribution in [2.24, 2.45) is 0 Å². The molecule has 1 aromatic heterocycles. The first-order valence-corrected chi connectivity index (χ1v) is 5.52. The molecule has 1 aliphatic rings. The fraction of sp³-hybridized carbons (Fsp3) is 0.583. The van der Waals surface area contributed by atoms with E-state index in [1.165, 1.54) is 32.1 Å². The van der Waals surface area contributed by atoms with Crippen molar-refractivity contribution >= 4 is 0 Å². The lowest BCUT2D eigenvalue weighted by Gasteiger charge is -2.13. The Morgan fingerprint density at radius 2 is 2.36 bits per heavy atom. The molecular formula is C12H18N2. The average Bonchev–Trinajstić information content (AvgIpc) is 2.63. The van der Waals surface area contributed by atoms with Gasteiger partial charge in [0.25, 0.3) is 0 Å². The van der Waals surface area contributed by atoms with E-state index < -0.39 is 0 Å². The van der Waals surface area contributed by atoms with Crippen molar-refractivity contribution < 1.29 is 0 Å². The van der Waals surface area contributed by atoms with Gasteiger partial charge in [-0.3, -0.25) is 0 Å². The highest BCUT2D eigenvalue weighted by Crippen LogP contribution is 2.20. The molecule has 0 aliphatic heterocycles. The Kier molecular flexibility index (Phi) is 3.02. The first kappa shape index (κ1) is 9.50. The summed E-state index contributed by atoms with van der Waals surface area (Å²) in [6.45, 7) is 3.16. The zero-order valence-corrected chi connectivity index (χ0v) is 8.87. The van der Waals surface area contributed by atoms with Gasteiger partial charge < -0.3 is 4.57 Å². The van der Waals surface area contributed by atoms with Crippen LogP contribution in [0.2, 0.25) is 0 Å². The molecule has 1 heterocycles. The molecule has 0 N–H and O–H groups in total. The third kappa shape index (κ3) is 2.25. The van der Waals surface area contributed by atoms with Gasteiger partial charge in [-0.15, -0.1) is 0 Å². The summed E-state index contributed by atoms with van der Waals surface area (Å²) in [6.07, 6.45) is 12.9. The van der Waals surface area contributed by atoms with Crippen LogP contribution in [-0.4, -0.2) is 9.55 Å². The number of rotatable bonds is 3. The van der Waals surface area contributed by atoms with E-state index in [9.17, 15) is 0 Å². The quantitative estimate of drug-likeness (QED) is 0.670. The van der Waals surface area contributed by atoms with Gasteiger partial charge in [0, 0.05) is 18.9 Å². The zero-order chi connectivity index (χ0) is 9.80. The summed E-state index contributed by atoms with van der Waals surface area (Å²) >= 11 is 0. The van der Waals surface area contributed by atoms with E-state index in [2.05, 4.69) is 28.7 Å². The molecule has 1 aromatic rings. The lowest BCUT2D eigenvalue weighted by Crippen LogP contribution is -2.02. The average molecular weight is 190 g/mol. The van der Waals surface area contributed by atoms with Gasteiger partial charge in [0.2, 0.25) is 0 Å². The maximum Gasteiger partial charge on any atom is 0.105 e. The lowest BCUT2D eigenvalue weighted by molar-refractivity contribution is 0.616. The first-order chi connectivity index (χ1) is 6.86. The predicted octanol–water partition coefficient (Wildman–Crippen LogP) is 3.08. The molecule has 0 spiro atoms. The van der Waals surface area contributed by atoms with Gasteiger partial charge >= 0.3 is 0 Å². The molecule has 0 amide bonds. The van der Waals surface area contributed by atoms with Crippen LogP contribution in [0.25, 0.3) is 0 Å². The number of allylic oxidation sites excluding steroid dienone is 2. The van der Waals surface area contributed by atoms with Gasteiger partial charge in [-0.25, -0.2) is 4.98 Å². The van der Waals surface area contributed by atoms with Crippen molar-refractivity contribution in [2.75, 3.05) is 0 Å². The third-order valence-electron chi connectivity index (χ3n) is 2.98. The molecule has 14 heavy (non-hydrogen) atoms. The Bertz CT molecular complexity index is 323. The summed E-state index contributed by atoms with van der Waals surface area (Å²) in [5, 5.41) is 0. The summed E-state index contributed by atoms with van der Waals surface area (Å²) in [7, 11) is 0. The summed E-state index contributed by atoms with van der Waals surface area (Å²) in [4.78, 5) is 4.22. The van der Waals surface area contributed by atoms with Crippen LogP contribution in [0.4, 0.5) is 0 Å². The molecule has 0 bridgehead atoms. The molecule has 0 saturated carbocycles. The van der Waals surface area contributed by atoms with Crippen LogP contribution in [0, 0.1) is 6.92 Å². The molecule has 0 fully saturated rings. The minimum Gasteiger partial charge on any atom is -0.335 e. The van der Waals surface area contributed by atoms with E-state index in [-0.39, 0.29) is 0 Å². The molecule has 0 atom stereocenters. The second-order valence-electron chi connectivity index (χ2n) is 4.03. The topological polar surface area (TPSA) is 17.8 Å². The van der Waals surface area contributed by atoms with Gasteiger partial charge in [-0.05, 0) is 39.0 Å². The minimum absolute atomic E-state index is 1.09. The van der Waals surface area contributed by atoms with Crippen molar-refractivity contribution in [3.63, 3.8) is 0 Å². The lowest BCUT2D eigenvalue weighted by atomic mass is 9.97. The van der Waals surface area contributed by atoms with E-state index in [1.807, 2.05) is 6.20 Å². The molecule has 0 unspecified atom stereocenters. The highest BCUT2D eigenvalue weighted by atomic mass is 15.0. The van der Waals surface area contributed by atoms with Crippen LogP contribution in [0.1, 0.15) is 37.9 Å². The summed E-state index contributed by atoms with van der Waals surface area (Å²) in [6, 6.07) is 0. The number of aromatic nitrogens is 2. The monoisotopic (exact) mass is 190 g/mol. The number of aryl methyl sites for hydroxylation is 2. The van der Waals surface area contributed by atoms with E-state index >= 15 is 0 Å². The molecule has 1 aliphatic carbocycles. The molecule has 2 nitrogen and oxygen atoms in total. The SMILES string of the molecule is Cc1nccn1CCC1=CCCCC1. The zero-order valence-electron chi connectivity index (χ0n) is 8.87. The molecule has 0 saturated heterocycles. The standard InChI is InChI=1S/C12H18N2/c1-11-13-8-10-14(11)9-7-12-5-3-2-4-6-12/h5,8,10H,2-4,6-7,9H2,1H3. The molecule has 0 aromatic carbocycles. The second-order valence-corrected chi connectivity index (χ2v) is 4.03. The Hall–Kier alpha value is -1.05. The summed E-state index contributed by atoms with van der Waals surface area (Å²) in [5.74, 6) is 1.13. The number of imidazole rings is 1. The van der Waals surface area contributed by atoms with Crippen molar-refractivity contribution in [3.05, 3.63) is 29.9 Å². The Morgan fingerprint density at radius 3 is 3.00 bits per heavy atom. The van der Waals surface area contributed by atoms with Crippen molar-refractivity contribution in [2.45, 2.75) is 45.6 Å². The number of nitrogens with zero attached hydrogens (tertiary/aromatic N) is 2. The molecule has 76 valence electrons. The van der Waals surface area contributed by atoms with Gasteiger partial charge in [0.05, 0.1) is 0 Å². The summed E-state index contributed by atoms with van der Waals surface area (Å²) in [5.41, 5.74) is 1.64. The second kappa shape index (κ2) is 4.45. The number of hydrogen-bond donors (Lipinski definition) is 0. The van der Waals surface area contributed by atoms with Crippen molar-refractivity contribution in [3.8, 4) is 0 Å². The third-order valence-corrected chi connectivity index (χ3v) is 2.98. The minimum atomic E-state index is 1.09. The largest absolute Gasteiger partial charge is 0.335 e. The van der Waals surface area contributed by atoms with Crippen LogP contribution >= 0.6 is 0 Å². The Labute approximate surface area is 85.7 Å². The predicted molar refractivity (Wildman–Crippen MR) is 58.1 cm³/mol. The maximum absolute atomic E-state index is 4.22. The smallest absolute Gasteiger partial charge is 0.105 e. The van der Waals surface area contributed by atoms with E-state index in [4.69, 9.17) is 0 Å². The van der Waals surface area contributed by atoms with Crippen molar-refractivity contribution in [1.29, 1.82) is 0 Å². The maximum atomic E-state index is 4.22. The van der Waals surface area contributed by atoms with Gasteiger partial charge in [0.15, 0.2) is 0 Å². The van der Waals surface area contributed by atoms with Crippen LogP contribution in [0.3, 0.4) is 0 Å². The Balaban J connectivity index is 1.88. The summed E-state index contributed by atoms with van der Waals surface area (Å²) < 4.78 is 2.23. The molecule has 2 heteroatoms. The molecular weight excluding hydrogens is 172 g/mol. The molecule has 0 radical (unpaired) electrons. The van der Waals surface area contributed by atoms with E-state index in [0.29, 0.717) is 0 Å². The van der Waals surface area contributed by atoms with Crippen molar-refractivity contribution in [1.82, 2.24) is 9.55 Å². The normalized spacial score (nSPS) is 16.8. The van der Waals surface area contributed by atoms with E-state index in [1.54, 1.807) is 5.57 Å². The van der Waals surface area contributed by atoms with Crippen LogP contribution in [0.5, 0.6) is 0 Å². The van der Waals surface area contributed by atoms with Crippen LogP contribution in [0.15, 0.2) is 24.0 Å². The first-order valence-electron chi connectivity index (χ1n) is 5.52. The number of hydrogen-bond acceptors (Lipinski definition) is 1. The van der Waals surface area contributed by atoms with Gasteiger partial charge in [-0.1, -0.05) is 11.6 Å². The van der Waals surface area contributed by atoms with E-state index in [0.717, 1.165) is 12.4 Å².